The number of hydrogen-bond acceptors (Lipinski definition) is 3. The second-order valence-corrected chi connectivity index (χ2v) is 16.8. The van der Waals surface area contributed by atoms with Crippen LogP contribution < -0.4 is 0 Å². The van der Waals surface area contributed by atoms with E-state index in [0.717, 1.165) is 77.5 Å². The SMILES string of the molecule is c1ccc(-c2cc(-c3ccccc3)nc(-c3cccc4oc5c(ccc6c5c5ccccc5n6-c5cccc6c5-c5ccccc5C65c6ccccc6-c6ccccc65)c34)n2)cc1. The molecular weight excluding hydrogens is 767 g/mol. The van der Waals surface area contributed by atoms with Crippen LogP contribution in [0.25, 0.3) is 106 Å². The molecule has 0 bridgehead atoms. The van der Waals surface area contributed by atoms with Gasteiger partial charge in [-0.25, -0.2) is 9.97 Å². The first-order valence-electron chi connectivity index (χ1n) is 21.6. The molecule has 3 heterocycles. The second kappa shape index (κ2) is 12.8. The van der Waals surface area contributed by atoms with Gasteiger partial charge in [0.25, 0.3) is 0 Å². The van der Waals surface area contributed by atoms with Gasteiger partial charge in [0, 0.05) is 38.4 Å². The van der Waals surface area contributed by atoms with Crippen LogP contribution in [0, 0.1) is 0 Å². The Hall–Kier alpha value is -8.34. The number of para-hydroxylation sites is 1. The fourth-order valence-electron chi connectivity index (χ4n) is 11.2. The van der Waals surface area contributed by atoms with Crippen LogP contribution in [-0.2, 0) is 5.41 Å². The third-order valence-corrected chi connectivity index (χ3v) is 13.6. The molecule has 14 rings (SSSR count). The summed E-state index contributed by atoms with van der Waals surface area (Å²) in [5, 5.41) is 4.27. The molecule has 0 aliphatic heterocycles. The number of nitrogens with zero attached hydrogens (tertiary/aromatic N) is 3. The van der Waals surface area contributed by atoms with E-state index in [1.807, 2.05) is 12.1 Å². The van der Waals surface area contributed by atoms with Crippen LogP contribution in [0.4, 0.5) is 0 Å². The standard InChI is InChI=1S/C59H35N3O/c1-3-17-36(18-4-1)48-35-49(37-19-5-2-6-20-37)61-58(60-48)43-25-15-32-53-54(43)42-33-34-52-56(57(42)63-53)41-24-10-14-30-50(41)62(52)51-31-16-29-47-55(51)40-23-9-13-28-46(40)59(47)44-26-11-7-21-38(44)39-22-8-12-27-45(39)59/h1-35H. The molecule has 0 amide bonds. The summed E-state index contributed by atoms with van der Waals surface area (Å²) in [6, 6.07) is 76.3. The minimum Gasteiger partial charge on any atom is -0.455 e. The van der Waals surface area contributed by atoms with Crippen LogP contribution in [-0.4, -0.2) is 14.5 Å². The maximum Gasteiger partial charge on any atom is 0.161 e. The van der Waals surface area contributed by atoms with Crippen molar-refractivity contribution in [3.8, 4) is 61.8 Å². The monoisotopic (exact) mass is 801 g/mol. The summed E-state index contributed by atoms with van der Waals surface area (Å²) in [5.41, 5.74) is 19.8. The van der Waals surface area contributed by atoms with E-state index in [9.17, 15) is 0 Å². The summed E-state index contributed by atoms with van der Waals surface area (Å²) >= 11 is 0. The lowest BCUT2D eigenvalue weighted by Crippen LogP contribution is -2.25. The molecule has 9 aromatic carbocycles. The predicted molar refractivity (Wildman–Crippen MR) is 256 cm³/mol. The first-order chi connectivity index (χ1) is 31.3. The number of benzene rings is 9. The Labute approximate surface area is 363 Å². The molecule has 0 atom stereocenters. The molecule has 4 nitrogen and oxygen atoms in total. The summed E-state index contributed by atoms with van der Waals surface area (Å²) in [7, 11) is 0. The highest BCUT2D eigenvalue weighted by molar-refractivity contribution is 6.25. The molecule has 2 aliphatic rings. The molecule has 2 aliphatic carbocycles. The molecule has 0 radical (unpaired) electrons. The van der Waals surface area contributed by atoms with E-state index in [1.54, 1.807) is 0 Å². The van der Waals surface area contributed by atoms with Gasteiger partial charge >= 0.3 is 0 Å². The summed E-state index contributed by atoms with van der Waals surface area (Å²) in [5.74, 6) is 0.661. The maximum atomic E-state index is 7.05. The molecule has 292 valence electrons. The largest absolute Gasteiger partial charge is 0.455 e. The van der Waals surface area contributed by atoms with Crippen LogP contribution in [0.15, 0.2) is 217 Å². The van der Waals surface area contributed by atoms with Gasteiger partial charge < -0.3 is 8.98 Å². The Morgan fingerprint density at radius 2 is 0.952 bits per heavy atom. The summed E-state index contributed by atoms with van der Waals surface area (Å²) in [6.07, 6.45) is 0. The quantitative estimate of drug-likeness (QED) is 0.178. The Kier molecular flexibility index (Phi) is 7.01. The van der Waals surface area contributed by atoms with Crippen molar-refractivity contribution in [2.45, 2.75) is 5.41 Å². The Morgan fingerprint density at radius 3 is 1.65 bits per heavy atom. The summed E-state index contributed by atoms with van der Waals surface area (Å²) < 4.78 is 9.52. The van der Waals surface area contributed by atoms with Gasteiger partial charge in [0.05, 0.1) is 38.9 Å². The summed E-state index contributed by atoms with van der Waals surface area (Å²) in [6.45, 7) is 0. The van der Waals surface area contributed by atoms with E-state index in [1.165, 1.54) is 44.5 Å². The molecule has 0 N–H and O–H groups in total. The molecule has 3 aromatic heterocycles. The molecule has 0 unspecified atom stereocenters. The lowest BCUT2D eigenvalue weighted by molar-refractivity contribution is 0.673. The van der Waals surface area contributed by atoms with Gasteiger partial charge in [0.15, 0.2) is 5.82 Å². The van der Waals surface area contributed by atoms with Gasteiger partial charge in [-0.15, -0.1) is 0 Å². The molecular formula is C59H35N3O. The van der Waals surface area contributed by atoms with Gasteiger partial charge in [0.1, 0.15) is 11.2 Å². The number of rotatable bonds is 4. The van der Waals surface area contributed by atoms with Crippen molar-refractivity contribution in [3.63, 3.8) is 0 Å². The van der Waals surface area contributed by atoms with Crippen molar-refractivity contribution in [2.24, 2.45) is 0 Å². The second-order valence-electron chi connectivity index (χ2n) is 16.8. The Morgan fingerprint density at radius 1 is 0.397 bits per heavy atom. The average molecular weight is 802 g/mol. The molecule has 0 fully saturated rings. The highest BCUT2D eigenvalue weighted by atomic mass is 16.3. The lowest BCUT2D eigenvalue weighted by Gasteiger charge is -2.30. The van der Waals surface area contributed by atoms with Crippen molar-refractivity contribution in [1.82, 2.24) is 14.5 Å². The number of furan rings is 1. The zero-order valence-electron chi connectivity index (χ0n) is 34.0. The minimum atomic E-state index is -0.434. The van der Waals surface area contributed by atoms with E-state index in [0.29, 0.717) is 5.82 Å². The van der Waals surface area contributed by atoms with E-state index in [-0.39, 0.29) is 0 Å². The molecule has 0 saturated carbocycles. The fraction of sp³-hybridized carbons (Fsp3) is 0.0169. The smallest absolute Gasteiger partial charge is 0.161 e. The predicted octanol–water partition coefficient (Wildman–Crippen LogP) is 14.8. The Balaban J connectivity index is 1.03. The lowest BCUT2D eigenvalue weighted by atomic mass is 9.70. The molecule has 1 spiro atoms. The first kappa shape index (κ1) is 34.4. The van der Waals surface area contributed by atoms with Crippen LogP contribution in [0.1, 0.15) is 22.3 Å². The molecule has 12 aromatic rings. The van der Waals surface area contributed by atoms with Gasteiger partial charge in [0.2, 0.25) is 0 Å². The topological polar surface area (TPSA) is 43.9 Å². The van der Waals surface area contributed by atoms with E-state index in [4.69, 9.17) is 14.4 Å². The number of hydrogen-bond donors (Lipinski definition) is 0. The first-order valence-corrected chi connectivity index (χ1v) is 21.6. The molecule has 63 heavy (non-hydrogen) atoms. The third kappa shape index (κ3) is 4.59. The number of aromatic nitrogens is 3. The van der Waals surface area contributed by atoms with Crippen LogP contribution in [0.3, 0.4) is 0 Å². The van der Waals surface area contributed by atoms with Crippen molar-refractivity contribution < 1.29 is 4.42 Å². The van der Waals surface area contributed by atoms with Crippen molar-refractivity contribution >= 4 is 43.7 Å². The van der Waals surface area contributed by atoms with Crippen LogP contribution in [0.2, 0.25) is 0 Å². The number of fused-ring (bicyclic) bond motifs is 17. The highest BCUT2D eigenvalue weighted by Gasteiger charge is 2.52. The molecule has 4 heteroatoms. The van der Waals surface area contributed by atoms with Crippen molar-refractivity contribution in [1.29, 1.82) is 0 Å². The van der Waals surface area contributed by atoms with E-state index in [2.05, 4.69) is 205 Å². The van der Waals surface area contributed by atoms with Gasteiger partial charge in [-0.05, 0) is 75.3 Å². The fourth-order valence-corrected chi connectivity index (χ4v) is 11.2. The zero-order valence-corrected chi connectivity index (χ0v) is 34.0. The Bertz CT molecular complexity index is 3760. The normalized spacial score (nSPS) is 13.2. The zero-order chi connectivity index (χ0) is 41.2. The maximum absolute atomic E-state index is 7.05. The van der Waals surface area contributed by atoms with E-state index < -0.39 is 5.41 Å². The van der Waals surface area contributed by atoms with Crippen LogP contribution in [0.5, 0.6) is 0 Å². The average Bonchev–Trinajstić information content (AvgIpc) is 4.08. The summed E-state index contributed by atoms with van der Waals surface area (Å²) in [4.78, 5) is 10.5. The highest BCUT2D eigenvalue weighted by Crippen LogP contribution is 2.63. The van der Waals surface area contributed by atoms with Crippen molar-refractivity contribution in [3.05, 3.63) is 235 Å². The van der Waals surface area contributed by atoms with Crippen LogP contribution >= 0.6 is 0 Å². The van der Waals surface area contributed by atoms with Gasteiger partial charge in [-0.3, -0.25) is 0 Å². The minimum absolute atomic E-state index is 0.434. The third-order valence-electron chi connectivity index (χ3n) is 13.6. The van der Waals surface area contributed by atoms with Gasteiger partial charge in [-0.2, -0.15) is 0 Å². The van der Waals surface area contributed by atoms with Crippen molar-refractivity contribution in [2.75, 3.05) is 0 Å². The van der Waals surface area contributed by atoms with Gasteiger partial charge in [-0.1, -0.05) is 176 Å². The van der Waals surface area contributed by atoms with E-state index >= 15 is 0 Å². The molecule has 0 saturated heterocycles.